The Morgan fingerprint density at radius 1 is 1.44 bits per heavy atom. The largest absolute Gasteiger partial charge is 0.439 e. The smallest absolute Gasteiger partial charge is 0.263 e. The minimum absolute atomic E-state index is 0.0445. The summed E-state index contributed by atoms with van der Waals surface area (Å²) in [7, 11) is 0. The maximum Gasteiger partial charge on any atom is 0.263 e. The molecule has 0 aliphatic carbocycles. The Kier molecular flexibility index (Phi) is 3.39. The van der Waals surface area contributed by atoms with E-state index >= 15 is 0 Å². The monoisotopic (exact) mass is 222 g/mol. The predicted octanol–water partition coefficient (Wildman–Crippen LogP) is 1.86. The van der Waals surface area contributed by atoms with Crippen molar-refractivity contribution >= 4 is 5.78 Å². The highest BCUT2D eigenvalue weighted by Crippen LogP contribution is 2.19. The number of piperidine rings is 1. The Bertz CT molecular complexity index is 359. The van der Waals surface area contributed by atoms with Gasteiger partial charge >= 0.3 is 0 Å². The van der Waals surface area contributed by atoms with Gasteiger partial charge in [-0.25, -0.2) is 4.98 Å². The van der Waals surface area contributed by atoms with Crippen molar-refractivity contribution in [1.82, 2.24) is 10.3 Å². The van der Waals surface area contributed by atoms with Gasteiger partial charge in [-0.05, 0) is 45.7 Å². The van der Waals surface area contributed by atoms with Crippen molar-refractivity contribution in [3.63, 3.8) is 0 Å². The van der Waals surface area contributed by atoms with E-state index in [0.29, 0.717) is 12.3 Å². The molecule has 0 bridgehead atoms. The van der Waals surface area contributed by atoms with Crippen LogP contribution in [0.4, 0.5) is 0 Å². The average Bonchev–Trinajstić information content (AvgIpc) is 2.61. The molecule has 1 aliphatic heterocycles. The van der Waals surface area contributed by atoms with Crippen molar-refractivity contribution in [2.75, 3.05) is 13.1 Å². The van der Waals surface area contributed by atoms with Crippen LogP contribution in [-0.4, -0.2) is 23.9 Å². The Morgan fingerprint density at radius 2 is 2.12 bits per heavy atom. The van der Waals surface area contributed by atoms with Gasteiger partial charge in [0.2, 0.25) is 5.78 Å². The van der Waals surface area contributed by atoms with Crippen molar-refractivity contribution in [3.05, 3.63) is 17.3 Å². The van der Waals surface area contributed by atoms with Crippen LogP contribution in [0.25, 0.3) is 0 Å². The predicted molar refractivity (Wildman–Crippen MR) is 60.5 cm³/mol. The molecule has 0 spiro atoms. The summed E-state index contributed by atoms with van der Waals surface area (Å²) in [6.07, 6.45) is 2.72. The van der Waals surface area contributed by atoms with Crippen LogP contribution in [0.5, 0.6) is 0 Å². The number of Topliss-reactive ketones (excluding diaryl/α,β-unsaturated/α-hetero) is 1. The second kappa shape index (κ2) is 4.78. The molecule has 1 fully saturated rings. The number of hydrogen-bond donors (Lipinski definition) is 1. The molecule has 0 amide bonds. The van der Waals surface area contributed by atoms with E-state index in [4.69, 9.17) is 4.42 Å². The Balaban J connectivity index is 1.96. The number of oxazole rings is 1. The third-order valence-corrected chi connectivity index (χ3v) is 3.20. The van der Waals surface area contributed by atoms with Gasteiger partial charge in [0.15, 0.2) is 0 Å². The molecule has 1 aliphatic rings. The molecule has 0 unspecified atom stereocenters. The normalized spacial score (nSPS) is 17.6. The molecule has 0 saturated carbocycles. The molecule has 2 rings (SSSR count). The van der Waals surface area contributed by atoms with Crippen LogP contribution in [0.2, 0.25) is 0 Å². The van der Waals surface area contributed by atoms with Gasteiger partial charge in [0.25, 0.3) is 5.89 Å². The van der Waals surface area contributed by atoms with Crippen molar-refractivity contribution in [2.45, 2.75) is 33.1 Å². The summed E-state index contributed by atoms with van der Waals surface area (Å²) in [5.41, 5.74) is 0.814. The van der Waals surface area contributed by atoms with Gasteiger partial charge in [0.05, 0.1) is 5.69 Å². The van der Waals surface area contributed by atoms with Gasteiger partial charge in [-0.1, -0.05) is 0 Å². The first kappa shape index (κ1) is 11.3. The second-order valence-electron chi connectivity index (χ2n) is 4.48. The zero-order valence-electron chi connectivity index (χ0n) is 9.88. The number of ketones is 1. The Hall–Kier alpha value is -1.16. The van der Waals surface area contributed by atoms with Crippen molar-refractivity contribution in [2.24, 2.45) is 5.92 Å². The highest BCUT2D eigenvalue weighted by atomic mass is 16.4. The summed E-state index contributed by atoms with van der Waals surface area (Å²) in [6.45, 7) is 5.73. The molecule has 0 radical (unpaired) electrons. The van der Waals surface area contributed by atoms with Gasteiger partial charge in [-0.15, -0.1) is 0 Å². The van der Waals surface area contributed by atoms with E-state index in [9.17, 15) is 4.79 Å². The minimum Gasteiger partial charge on any atom is -0.439 e. The first-order chi connectivity index (χ1) is 7.66. The molecule has 0 aromatic carbocycles. The summed E-state index contributed by atoms with van der Waals surface area (Å²) in [4.78, 5) is 16.0. The first-order valence-corrected chi connectivity index (χ1v) is 5.84. The quantitative estimate of drug-likeness (QED) is 0.793. The molecule has 4 heteroatoms. The number of carbonyl (C=O) groups is 1. The molecule has 88 valence electrons. The van der Waals surface area contributed by atoms with Crippen LogP contribution in [0.15, 0.2) is 4.42 Å². The fourth-order valence-electron chi connectivity index (χ4n) is 2.03. The summed E-state index contributed by atoms with van der Waals surface area (Å²) in [5.74, 6) is 1.56. The lowest BCUT2D eigenvalue weighted by Crippen LogP contribution is -2.28. The van der Waals surface area contributed by atoms with Crippen LogP contribution in [0.1, 0.15) is 41.4 Å². The maximum atomic E-state index is 11.9. The third-order valence-electron chi connectivity index (χ3n) is 3.20. The molecular formula is C12H18N2O2. The number of aromatic nitrogens is 1. The van der Waals surface area contributed by atoms with E-state index in [-0.39, 0.29) is 11.7 Å². The molecular weight excluding hydrogens is 204 g/mol. The molecule has 2 heterocycles. The third kappa shape index (κ3) is 2.50. The van der Waals surface area contributed by atoms with E-state index in [2.05, 4.69) is 10.3 Å². The molecule has 1 aromatic heterocycles. The molecule has 1 N–H and O–H groups in total. The average molecular weight is 222 g/mol. The molecule has 1 aromatic rings. The van der Waals surface area contributed by atoms with Crippen molar-refractivity contribution in [3.8, 4) is 0 Å². The van der Waals surface area contributed by atoms with E-state index in [1.165, 1.54) is 0 Å². The number of nitrogens with zero attached hydrogens (tertiary/aromatic N) is 1. The van der Waals surface area contributed by atoms with Crippen LogP contribution < -0.4 is 5.32 Å². The van der Waals surface area contributed by atoms with Gasteiger partial charge in [-0.3, -0.25) is 4.79 Å². The lowest BCUT2D eigenvalue weighted by molar-refractivity contribution is 0.0917. The zero-order valence-corrected chi connectivity index (χ0v) is 9.88. The SMILES string of the molecule is Cc1nc(C(=O)CC2CCNCC2)oc1C. The number of hydrogen-bond acceptors (Lipinski definition) is 4. The first-order valence-electron chi connectivity index (χ1n) is 5.84. The number of rotatable bonds is 3. The molecule has 4 nitrogen and oxygen atoms in total. The lowest BCUT2D eigenvalue weighted by Gasteiger charge is -2.21. The van der Waals surface area contributed by atoms with E-state index in [0.717, 1.165) is 37.4 Å². The van der Waals surface area contributed by atoms with Gasteiger partial charge < -0.3 is 9.73 Å². The summed E-state index contributed by atoms with van der Waals surface area (Å²) < 4.78 is 5.34. The van der Waals surface area contributed by atoms with Gasteiger partial charge in [0, 0.05) is 6.42 Å². The fourth-order valence-corrected chi connectivity index (χ4v) is 2.03. The van der Waals surface area contributed by atoms with Gasteiger partial charge in [0.1, 0.15) is 5.76 Å². The minimum atomic E-state index is 0.0445. The number of carbonyl (C=O) groups excluding carboxylic acids is 1. The lowest BCUT2D eigenvalue weighted by atomic mass is 9.93. The van der Waals surface area contributed by atoms with Crippen LogP contribution in [0.3, 0.4) is 0 Å². The summed E-state index contributed by atoms with van der Waals surface area (Å²) in [6, 6.07) is 0. The summed E-state index contributed by atoms with van der Waals surface area (Å²) in [5, 5.41) is 3.29. The van der Waals surface area contributed by atoms with Gasteiger partial charge in [-0.2, -0.15) is 0 Å². The van der Waals surface area contributed by atoms with E-state index < -0.39 is 0 Å². The molecule has 1 saturated heterocycles. The topological polar surface area (TPSA) is 55.1 Å². The number of aryl methyl sites for hydroxylation is 2. The second-order valence-corrected chi connectivity index (χ2v) is 4.48. The standard InChI is InChI=1S/C12H18N2O2/c1-8-9(2)16-12(14-8)11(15)7-10-3-5-13-6-4-10/h10,13H,3-7H2,1-2H3. The molecule has 0 atom stereocenters. The van der Waals surface area contributed by atoms with Crippen molar-refractivity contribution < 1.29 is 9.21 Å². The Morgan fingerprint density at radius 3 is 2.69 bits per heavy atom. The zero-order chi connectivity index (χ0) is 11.5. The highest BCUT2D eigenvalue weighted by Gasteiger charge is 2.21. The molecule has 16 heavy (non-hydrogen) atoms. The highest BCUT2D eigenvalue weighted by molar-refractivity contribution is 5.91. The fraction of sp³-hybridized carbons (Fsp3) is 0.667. The Labute approximate surface area is 95.4 Å². The van der Waals surface area contributed by atoms with E-state index in [1.807, 2.05) is 13.8 Å². The van der Waals surface area contributed by atoms with Crippen LogP contribution in [-0.2, 0) is 0 Å². The summed E-state index contributed by atoms with van der Waals surface area (Å²) >= 11 is 0. The van der Waals surface area contributed by atoms with Crippen LogP contribution >= 0.6 is 0 Å². The number of nitrogens with one attached hydrogen (secondary N) is 1. The van der Waals surface area contributed by atoms with E-state index in [1.54, 1.807) is 0 Å². The maximum absolute atomic E-state index is 11.9. The van der Waals surface area contributed by atoms with Crippen molar-refractivity contribution in [1.29, 1.82) is 0 Å². The van der Waals surface area contributed by atoms with Crippen LogP contribution in [0, 0.1) is 19.8 Å².